The van der Waals surface area contributed by atoms with Crippen molar-refractivity contribution < 1.29 is 14.4 Å². The fraction of sp³-hybridized carbons (Fsp3) is 0.235. The number of fused-ring (bicyclic) bond motifs is 1. The molecular weight excluding hydrogens is 282 g/mol. The standard InChI is InChI=1S/C17H18NO2S/c1-13-8-14(11-20-19-2)9-15-10-18(12-21-17(13)15)16-6-4-3-5-7-16/h3-10H,11-12H2,1-2H3/q+1. The number of benzene rings is 2. The summed E-state index contributed by atoms with van der Waals surface area (Å²) >= 11 is 1.87. The highest BCUT2D eigenvalue weighted by atomic mass is 32.2. The quantitative estimate of drug-likeness (QED) is 0.485. The Kier molecular flexibility index (Phi) is 4.39. The molecule has 0 radical (unpaired) electrons. The summed E-state index contributed by atoms with van der Waals surface area (Å²) in [7, 11) is 1.53. The third kappa shape index (κ3) is 3.18. The zero-order chi connectivity index (χ0) is 14.7. The van der Waals surface area contributed by atoms with Crippen LogP contribution in [0.15, 0.2) is 47.4 Å². The first kappa shape index (κ1) is 14.3. The van der Waals surface area contributed by atoms with Crippen LogP contribution in [-0.2, 0) is 16.4 Å². The molecule has 0 bridgehead atoms. The fourth-order valence-corrected chi connectivity index (χ4v) is 3.55. The second-order valence-electron chi connectivity index (χ2n) is 4.97. The van der Waals surface area contributed by atoms with Crippen LogP contribution in [0.4, 0.5) is 5.69 Å². The summed E-state index contributed by atoms with van der Waals surface area (Å²) in [6.07, 6.45) is 2.21. The van der Waals surface area contributed by atoms with Crippen LogP contribution >= 0.6 is 11.8 Å². The van der Waals surface area contributed by atoms with Crippen molar-refractivity contribution in [2.75, 3.05) is 13.0 Å². The molecule has 0 saturated heterocycles. The molecule has 0 N–H and O–H groups in total. The van der Waals surface area contributed by atoms with E-state index < -0.39 is 0 Å². The lowest BCUT2D eigenvalue weighted by atomic mass is 10.1. The molecule has 0 saturated carbocycles. The zero-order valence-corrected chi connectivity index (χ0v) is 13.0. The van der Waals surface area contributed by atoms with Gasteiger partial charge in [0.2, 0.25) is 5.69 Å². The minimum Gasteiger partial charge on any atom is -0.240 e. The summed E-state index contributed by atoms with van der Waals surface area (Å²) in [5.41, 5.74) is 4.87. The van der Waals surface area contributed by atoms with Gasteiger partial charge < -0.3 is 0 Å². The van der Waals surface area contributed by atoms with Gasteiger partial charge in [-0.15, -0.1) is 0 Å². The summed E-state index contributed by atoms with van der Waals surface area (Å²) < 4.78 is 2.27. The van der Waals surface area contributed by atoms with E-state index in [1.807, 2.05) is 17.8 Å². The number of aryl methyl sites for hydroxylation is 1. The van der Waals surface area contributed by atoms with Crippen molar-refractivity contribution in [3.05, 3.63) is 59.2 Å². The average Bonchev–Trinajstić information content (AvgIpc) is 2.53. The Balaban J connectivity index is 1.97. The molecule has 0 aliphatic carbocycles. The van der Waals surface area contributed by atoms with Crippen molar-refractivity contribution in [2.24, 2.45) is 0 Å². The SMILES string of the molecule is COOCc1cc(C)c2c(c1)C=[N+](c1ccccc1)CS2. The molecule has 1 aliphatic rings. The molecule has 1 aliphatic heterocycles. The summed E-state index contributed by atoms with van der Waals surface area (Å²) in [4.78, 5) is 11.1. The van der Waals surface area contributed by atoms with Crippen LogP contribution in [-0.4, -0.2) is 23.8 Å². The number of hydrogen-bond acceptors (Lipinski definition) is 3. The third-order valence-corrected chi connectivity index (χ3v) is 4.69. The molecule has 0 aromatic heterocycles. The minimum atomic E-state index is 0.467. The molecule has 0 amide bonds. The Hall–Kier alpha value is -1.62. The Morgan fingerprint density at radius 2 is 2.00 bits per heavy atom. The Morgan fingerprint density at radius 3 is 2.76 bits per heavy atom. The predicted molar refractivity (Wildman–Crippen MR) is 85.2 cm³/mol. The van der Waals surface area contributed by atoms with Crippen LogP contribution in [0, 0.1) is 6.92 Å². The van der Waals surface area contributed by atoms with Crippen LogP contribution in [0.1, 0.15) is 16.7 Å². The first-order valence-corrected chi connectivity index (χ1v) is 7.85. The van der Waals surface area contributed by atoms with Crippen LogP contribution in [0.3, 0.4) is 0 Å². The Bertz CT molecular complexity index is 668. The Morgan fingerprint density at radius 1 is 1.19 bits per heavy atom. The Labute approximate surface area is 129 Å². The lowest BCUT2D eigenvalue weighted by Crippen LogP contribution is -2.13. The van der Waals surface area contributed by atoms with Gasteiger partial charge in [-0.25, -0.2) is 9.78 Å². The number of hydrogen-bond donors (Lipinski definition) is 0. The molecule has 0 fully saturated rings. The highest BCUT2D eigenvalue weighted by Crippen LogP contribution is 2.32. The number of thioether (sulfide) groups is 1. The van der Waals surface area contributed by atoms with E-state index in [0.29, 0.717) is 6.61 Å². The van der Waals surface area contributed by atoms with Gasteiger partial charge >= 0.3 is 0 Å². The van der Waals surface area contributed by atoms with E-state index in [4.69, 9.17) is 9.78 Å². The van der Waals surface area contributed by atoms with Gasteiger partial charge in [0.15, 0.2) is 12.1 Å². The van der Waals surface area contributed by atoms with Crippen molar-refractivity contribution in [1.82, 2.24) is 0 Å². The van der Waals surface area contributed by atoms with E-state index in [2.05, 4.69) is 54.1 Å². The van der Waals surface area contributed by atoms with Crippen molar-refractivity contribution in [2.45, 2.75) is 18.4 Å². The molecule has 108 valence electrons. The maximum atomic E-state index is 5.04. The molecule has 21 heavy (non-hydrogen) atoms. The van der Waals surface area contributed by atoms with Crippen LogP contribution in [0.25, 0.3) is 0 Å². The van der Waals surface area contributed by atoms with Gasteiger partial charge in [0.1, 0.15) is 6.61 Å². The monoisotopic (exact) mass is 300 g/mol. The molecule has 3 rings (SSSR count). The van der Waals surface area contributed by atoms with E-state index in [9.17, 15) is 0 Å². The van der Waals surface area contributed by atoms with Crippen molar-refractivity contribution in [3.8, 4) is 0 Å². The zero-order valence-electron chi connectivity index (χ0n) is 12.2. The largest absolute Gasteiger partial charge is 0.240 e. The second-order valence-corrected chi connectivity index (χ2v) is 5.92. The summed E-state index contributed by atoms with van der Waals surface area (Å²) in [6, 6.07) is 14.8. The number of rotatable bonds is 4. The molecule has 0 unspecified atom stereocenters. The number of nitrogens with zero attached hydrogens (tertiary/aromatic N) is 1. The van der Waals surface area contributed by atoms with Crippen LogP contribution < -0.4 is 0 Å². The average molecular weight is 300 g/mol. The summed E-state index contributed by atoms with van der Waals surface area (Å²) in [5, 5.41) is 0. The van der Waals surface area contributed by atoms with Crippen LogP contribution in [0.5, 0.6) is 0 Å². The lowest BCUT2D eigenvalue weighted by Gasteiger charge is -2.15. The third-order valence-electron chi connectivity index (χ3n) is 3.44. The summed E-state index contributed by atoms with van der Waals surface area (Å²) in [6.45, 7) is 2.61. The molecule has 0 atom stereocenters. The van der Waals surface area contributed by atoms with Gasteiger partial charge in [-0.05, 0) is 24.1 Å². The van der Waals surface area contributed by atoms with Gasteiger partial charge in [-0.3, -0.25) is 0 Å². The predicted octanol–water partition coefficient (Wildman–Crippen LogP) is 3.90. The van der Waals surface area contributed by atoms with Gasteiger partial charge in [0, 0.05) is 17.0 Å². The van der Waals surface area contributed by atoms with Crippen molar-refractivity contribution in [3.63, 3.8) is 0 Å². The van der Waals surface area contributed by atoms with Gasteiger partial charge in [0.05, 0.1) is 12.7 Å². The van der Waals surface area contributed by atoms with Gasteiger partial charge in [-0.2, -0.15) is 4.58 Å². The van der Waals surface area contributed by atoms with E-state index in [0.717, 1.165) is 11.4 Å². The van der Waals surface area contributed by atoms with Crippen LogP contribution in [0.2, 0.25) is 0 Å². The highest BCUT2D eigenvalue weighted by molar-refractivity contribution is 7.99. The fourth-order valence-electron chi connectivity index (χ4n) is 2.49. The molecule has 1 heterocycles. The van der Waals surface area contributed by atoms with Gasteiger partial charge in [0.25, 0.3) is 0 Å². The maximum Gasteiger partial charge on any atom is 0.205 e. The molecule has 0 spiro atoms. The number of para-hydroxylation sites is 1. The highest BCUT2D eigenvalue weighted by Gasteiger charge is 2.20. The van der Waals surface area contributed by atoms with Crippen molar-refractivity contribution in [1.29, 1.82) is 0 Å². The van der Waals surface area contributed by atoms with E-state index in [1.54, 1.807) is 0 Å². The lowest BCUT2D eigenvalue weighted by molar-refractivity contribution is -0.411. The molecule has 4 heteroatoms. The van der Waals surface area contributed by atoms with E-state index in [1.165, 1.54) is 28.8 Å². The first-order chi connectivity index (χ1) is 10.3. The van der Waals surface area contributed by atoms with E-state index >= 15 is 0 Å². The second kappa shape index (κ2) is 6.43. The molecule has 3 nitrogen and oxygen atoms in total. The van der Waals surface area contributed by atoms with E-state index in [-0.39, 0.29) is 0 Å². The smallest absolute Gasteiger partial charge is 0.205 e. The molecule has 2 aromatic rings. The molecular formula is C17H18NO2S+. The van der Waals surface area contributed by atoms with Gasteiger partial charge in [-0.1, -0.05) is 36.0 Å². The van der Waals surface area contributed by atoms with Crippen molar-refractivity contribution >= 4 is 23.7 Å². The topological polar surface area (TPSA) is 21.5 Å². The summed E-state index contributed by atoms with van der Waals surface area (Å²) in [5.74, 6) is 0.936. The minimum absolute atomic E-state index is 0.467. The normalized spacial score (nSPS) is 13.7. The molecule has 2 aromatic carbocycles. The first-order valence-electron chi connectivity index (χ1n) is 6.86. The maximum absolute atomic E-state index is 5.04.